The highest BCUT2D eigenvalue weighted by molar-refractivity contribution is 9.10. The average Bonchev–Trinajstić information content (AvgIpc) is 3.24. The zero-order valence-electron chi connectivity index (χ0n) is 16.9. The molecule has 0 radical (unpaired) electrons. The lowest BCUT2D eigenvalue weighted by Gasteiger charge is -2.60. The summed E-state index contributed by atoms with van der Waals surface area (Å²) in [5.41, 5.74) is 0.368. The van der Waals surface area contributed by atoms with Gasteiger partial charge >= 0.3 is 0 Å². The molecule has 10 heteroatoms. The molecule has 4 saturated carbocycles. The van der Waals surface area contributed by atoms with Gasteiger partial charge in [0.05, 0.1) is 16.6 Å². The number of nitrogens with one attached hydrogen (secondary N) is 1. The number of halogens is 3. The average molecular weight is 516 g/mol. The van der Waals surface area contributed by atoms with Crippen molar-refractivity contribution in [2.75, 3.05) is 6.54 Å². The molecule has 2 unspecified atom stereocenters. The molecule has 2 aromatic heterocycles. The molecule has 7 nitrogen and oxygen atoms in total. The molecule has 0 aromatic carbocycles. The largest absolute Gasteiger partial charge is 0.356 e. The maximum Gasteiger partial charge on any atom is 0.226 e. The van der Waals surface area contributed by atoms with Crippen LogP contribution in [0.1, 0.15) is 50.6 Å². The van der Waals surface area contributed by atoms with E-state index in [1.165, 1.54) is 6.42 Å². The van der Waals surface area contributed by atoms with Gasteiger partial charge in [-0.3, -0.25) is 9.48 Å². The summed E-state index contributed by atoms with van der Waals surface area (Å²) in [5, 5.41) is 13.1. The van der Waals surface area contributed by atoms with Gasteiger partial charge in [-0.25, -0.2) is 9.67 Å². The van der Waals surface area contributed by atoms with Crippen LogP contribution in [0.3, 0.4) is 0 Å². The van der Waals surface area contributed by atoms with Crippen molar-refractivity contribution in [3.05, 3.63) is 26.9 Å². The second-order valence-electron chi connectivity index (χ2n) is 9.45. The maximum absolute atomic E-state index is 13.4. The van der Waals surface area contributed by atoms with Crippen LogP contribution in [0, 0.1) is 24.2 Å². The van der Waals surface area contributed by atoms with Crippen molar-refractivity contribution in [3.63, 3.8) is 0 Å². The van der Waals surface area contributed by atoms with Gasteiger partial charge in [0, 0.05) is 13.1 Å². The van der Waals surface area contributed by atoms with Crippen LogP contribution in [0.2, 0.25) is 10.2 Å². The van der Waals surface area contributed by atoms with Crippen LogP contribution in [-0.4, -0.2) is 37.0 Å². The Morgan fingerprint density at radius 2 is 2.00 bits per heavy atom. The summed E-state index contributed by atoms with van der Waals surface area (Å²) >= 11 is 15.7. The van der Waals surface area contributed by atoms with Crippen LogP contribution in [-0.2, 0) is 16.9 Å². The van der Waals surface area contributed by atoms with Crippen molar-refractivity contribution < 1.29 is 4.79 Å². The van der Waals surface area contributed by atoms with Crippen LogP contribution in [0.15, 0.2) is 11.1 Å². The minimum Gasteiger partial charge on any atom is -0.356 e. The van der Waals surface area contributed by atoms with Crippen molar-refractivity contribution in [2.24, 2.45) is 17.3 Å². The Morgan fingerprint density at radius 1 is 1.27 bits per heavy atom. The highest BCUT2D eigenvalue weighted by Crippen LogP contribution is 2.64. The maximum atomic E-state index is 13.4. The van der Waals surface area contributed by atoms with E-state index >= 15 is 0 Å². The molecule has 4 fully saturated rings. The molecule has 4 aliphatic carbocycles. The van der Waals surface area contributed by atoms with Gasteiger partial charge in [0.15, 0.2) is 0 Å². The standard InChI is InChI=1S/C20H25BrCl2N6O/c1-12-15(22)16(23)28(26-12)4-2-3-24-17(30)19-6-13-5-14(7-19)9-20(8-13,10-19)29-11-25-18(21)27-29/h11,13-14H,2-10H2,1H3,(H,24,30). The topological polar surface area (TPSA) is 77.6 Å². The third-order valence-corrected chi connectivity index (χ3v) is 8.59. The SMILES string of the molecule is Cc1nn(CCCNC(=O)C23CC4CC(C2)CC(n2cnc(Br)n2)(C4)C3)c(Cl)c1Cl. The zero-order valence-corrected chi connectivity index (χ0v) is 20.0. The number of hydrogen-bond donors (Lipinski definition) is 1. The van der Waals surface area contributed by atoms with E-state index < -0.39 is 0 Å². The van der Waals surface area contributed by atoms with Crippen LogP contribution in [0.25, 0.3) is 0 Å². The van der Waals surface area contributed by atoms with E-state index in [0.29, 0.717) is 39.8 Å². The number of aromatic nitrogens is 5. The molecule has 2 atom stereocenters. The lowest BCUT2D eigenvalue weighted by Crippen LogP contribution is -2.61. The first-order valence-electron chi connectivity index (χ1n) is 10.5. The molecule has 30 heavy (non-hydrogen) atoms. The zero-order chi connectivity index (χ0) is 21.1. The molecule has 4 aliphatic rings. The minimum absolute atomic E-state index is 0.0721. The lowest BCUT2D eigenvalue weighted by molar-refractivity contribution is -0.156. The molecule has 162 valence electrons. The molecule has 6 rings (SSSR count). The van der Waals surface area contributed by atoms with E-state index in [-0.39, 0.29) is 16.9 Å². The van der Waals surface area contributed by atoms with E-state index in [0.717, 1.165) is 44.2 Å². The summed E-state index contributed by atoms with van der Waals surface area (Å²) in [7, 11) is 0. The first kappa shape index (κ1) is 20.8. The normalized spacial score (nSPS) is 32.0. The summed E-state index contributed by atoms with van der Waals surface area (Å²) < 4.78 is 4.35. The van der Waals surface area contributed by atoms with Gasteiger partial charge in [0.1, 0.15) is 16.5 Å². The molecule has 2 heterocycles. The molecular formula is C20H25BrCl2N6O. The fraction of sp³-hybridized carbons (Fsp3) is 0.700. The number of nitrogens with zero attached hydrogens (tertiary/aromatic N) is 5. The van der Waals surface area contributed by atoms with Crippen molar-refractivity contribution in [3.8, 4) is 0 Å². The molecule has 2 aromatic rings. The van der Waals surface area contributed by atoms with Gasteiger partial charge < -0.3 is 5.32 Å². The predicted octanol–water partition coefficient (Wildman–Crippen LogP) is 4.35. The van der Waals surface area contributed by atoms with Gasteiger partial charge in [-0.05, 0) is 79.6 Å². The number of hydrogen-bond acceptors (Lipinski definition) is 4. The van der Waals surface area contributed by atoms with E-state index in [2.05, 4.69) is 36.4 Å². The number of amides is 1. The molecule has 1 amide bonds. The van der Waals surface area contributed by atoms with Gasteiger partial charge in [0.2, 0.25) is 10.6 Å². The monoisotopic (exact) mass is 514 g/mol. The molecular weight excluding hydrogens is 491 g/mol. The number of carbonyl (C=O) groups is 1. The van der Waals surface area contributed by atoms with E-state index in [1.54, 1.807) is 4.68 Å². The number of carbonyl (C=O) groups excluding carboxylic acids is 1. The van der Waals surface area contributed by atoms with Crippen LogP contribution >= 0.6 is 39.1 Å². The molecule has 0 saturated heterocycles. The second-order valence-corrected chi connectivity index (χ2v) is 10.9. The van der Waals surface area contributed by atoms with Crippen LogP contribution < -0.4 is 5.32 Å². The fourth-order valence-electron chi connectivity index (χ4n) is 6.52. The third kappa shape index (κ3) is 3.39. The third-order valence-electron chi connectivity index (χ3n) is 7.29. The summed E-state index contributed by atoms with van der Waals surface area (Å²) in [6, 6.07) is 0. The Hall–Kier alpha value is -1.12. The summed E-state index contributed by atoms with van der Waals surface area (Å²) in [5.74, 6) is 1.38. The van der Waals surface area contributed by atoms with E-state index in [4.69, 9.17) is 23.2 Å². The quantitative estimate of drug-likeness (QED) is 0.580. The first-order chi connectivity index (χ1) is 14.3. The molecule has 0 spiro atoms. The van der Waals surface area contributed by atoms with Gasteiger partial charge in [-0.2, -0.15) is 5.10 Å². The van der Waals surface area contributed by atoms with Gasteiger partial charge in [-0.15, -0.1) is 5.10 Å². The van der Waals surface area contributed by atoms with Crippen LogP contribution in [0.5, 0.6) is 0 Å². The molecule has 0 aliphatic heterocycles. The van der Waals surface area contributed by atoms with Gasteiger partial charge in [0.25, 0.3) is 0 Å². The fourth-order valence-corrected chi connectivity index (χ4v) is 7.17. The Balaban J connectivity index is 1.25. The van der Waals surface area contributed by atoms with Crippen molar-refractivity contribution in [1.82, 2.24) is 29.9 Å². The summed E-state index contributed by atoms with van der Waals surface area (Å²) in [6.45, 7) is 3.07. The van der Waals surface area contributed by atoms with E-state index in [1.807, 2.05) is 17.9 Å². The number of aryl methyl sites for hydroxylation is 2. The van der Waals surface area contributed by atoms with Gasteiger partial charge in [-0.1, -0.05) is 23.2 Å². The molecule has 4 bridgehead atoms. The van der Waals surface area contributed by atoms with Crippen molar-refractivity contribution in [2.45, 2.75) is 64.0 Å². The van der Waals surface area contributed by atoms with Crippen molar-refractivity contribution in [1.29, 1.82) is 0 Å². The van der Waals surface area contributed by atoms with Crippen molar-refractivity contribution >= 4 is 45.0 Å². The highest BCUT2D eigenvalue weighted by Gasteiger charge is 2.61. The molecule has 1 N–H and O–H groups in total. The Morgan fingerprint density at radius 3 is 2.60 bits per heavy atom. The summed E-state index contributed by atoms with van der Waals surface area (Å²) in [6.07, 6.45) is 8.87. The highest BCUT2D eigenvalue weighted by atomic mass is 79.9. The minimum atomic E-state index is -0.286. The Kier molecular flexibility index (Phi) is 5.18. The van der Waals surface area contributed by atoms with E-state index in [9.17, 15) is 4.79 Å². The second kappa shape index (κ2) is 7.48. The number of rotatable bonds is 6. The lowest BCUT2D eigenvalue weighted by atomic mass is 9.46. The smallest absolute Gasteiger partial charge is 0.226 e. The predicted molar refractivity (Wildman–Crippen MR) is 117 cm³/mol. The first-order valence-corrected chi connectivity index (χ1v) is 12.1. The summed E-state index contributed by atoms with van der Waals surface area (Å²) in [4.78, 5) is 17.7. The Bertz CT molecular complexity index is 974. The van der Waals surface area contributed by atoms with Crippen LogP contribution in [0.4, 0.5) is 0 Å². The Labute approximate surface area is 194 Å².